The third-order valence-corrected chi connectivity index (χ3v) is 2.99. The van der Waals surface area contributed by atoms with E-state index >= 15 is 0 Å². The summed E-state index contributed by atoms with van der Waals surface area (Å²) in [6.45, 7) is 3.50. The van der Waals surface area contributed by atoms with Gasteiger partial charge < -0.3 is 4.74 Å². The molecule has 0 amide bonds. The van der Waals surface area contributed by atoms with E-state index in [-0.39, 0.29) is 17.0 Å². The molecule has 0 atom stereocenters. The van der Waals surface area contributed by atoms with Gasteiger partial charge in [0.1, 0.15) is 0 Å². The summed E-state index contributed by atoms with van der Waals surface area (Å²) in [5.74, 6) is -1.04. The Hall–Kier alpha value is -2.35. The number of hydrogen-bond acceptors (Lipinski definition) is 4. The fourth-order valence-corrected chi connectivity index (χ4v) is 1.96. The van der Waals surface area contributed by atoms with Crippen LogP contribution in [0.15, 0.2) is 31.1 Å². The molecule has 0 saturated heterocycles. The van der Waals surface area contributed by atoms with Crippen molar-refractivity contribution in [2.75, 3.05) is 7.11 Å². The molecule has 5 nitrogen and oxygen atoms in total. The van der Waals surface area contributed by atoms with Crippen LogP contribution >= 0.6 is 11.6 Å². The maximum atomic E-state index is 12.9. The van der Waals surface area contributed by atoms with Crippen LogP contribution in [0.4, 0.5) is 13.2 Å². The van der Waals surface area contributed by atoms with Crippen molar-refractivity contribution in [1.29, 1.82) is 0 Å². The second-order valence-electron chi connectivity index (χ2n) is 4.11. The smallest absolute Gasteiger partial charge is 0.434 e. The van der Waals surface area contributed by atoms with Crippen LogP contribution in [0.1, 0.15) is 11.3 Å². The van der Waals surface area contributed by atoms with Crippen molar-refractivity contribution in [3.05, 3.63) is 47.4 Å². The number of aromatic nitrogens is 3. The van der Waals surface area contributed by atoms with Gasteiger partial charge in [-0.1, -0.05) is 18.2 Å². The summed E-state index contributed by atoms with van der Waals surface area (Å²) in [4.78, 5) is 15.1. The molecule has 0 aliphatic carbocycles. The molecule has 0 aliphatic heterocycles. The van der Waals surface area contributed by atoms with Crippen LogP contribution in [-0.2, 0) is 15.7 Å². The number of alkyl halides is 3. The molecule has 0 bridgehead atoms. The van der Waals surface area contributed by atoms with Crippen LogP contribution < -0.4 is 0 Å². The summed E-state index contributed by atoms with van der Waals surface area (Å²) in [6, 6.07) is 2.46. The van der Waals surface area contributed by atoms with Crippen molar-refractivity contribution in [3.63, 3.8) is 0 Å². The van der Waals surface area contributed by atoms with E-state index in [0.717, 1.165) is 17.9 Å². The Morgan fingerprint density at radius 2 is 2.14 bits per heavy atom. The van der Waals surface area contributed by atoms with E-state index in [0.29, 0.717) is 0 Å². The van der Waals surface area contributed by atoms with Gasteiger partial charge >= 0.3 is 12.1 Å². The number of halogens is 4. The fourth-order valence-electron chi connectivity index (χ4n) is 1.70. The molecule has 2 rings (SSSR count). The van der Waals surface area contributed by atoms with Gasteiger partial charge in [-0.2, -0.15) is 18.3 Å². The molecule has 0 N–H and O–H groups in total. The molecular formula is C13H9ClF3N3O2. The Labute approximate surface area is 128 Å². The van der Waals surface area contributed by atoms with Gasteiger partial charge in [-0.05, 0) is 12.1 Å². The maximum Gasteiger partial charge on any atom is 0.434 e. The van der Waals surface area contributed by atoms with Crippen LogP contribution in [0, 0.1) is 0 Å². The van der Waals surface area contributed by atoms with E-state index < -0.39 is 22.9 Å². The van der Waals surface area contributed by atoms with Crippen LogP contribution in [-0.4, -0.2) is 27.8 Å². The number of nitrogens with zero attached hydrogens (tertiary/aromatic N) is 3. The highest BCUT2D eigenvalue weighted by molar-refractivity contribution is 6.31. The second-order valence-corrected chi connectivity index (χ2v) is 4.52. The highest BCUT2D eigenvalue weighted by Gasteiger charge is 2.37. The van der Waals surface area contributed by atoms with Gasteiger partial charge in [0.15, 0.2) is 11.5 Å². The summed E-state index contributed by atoms with van der Waals surface area (Å²) >= 11 is 5.63. The number of rotatable bonds is 3. The van der Waals surface area contributed by atoms with Crippen molar-refractivity contribution in [1.82, 2.24) is 14.8 Å². The molecule has 0 aromatic carbocycles. The molecule has 0 aliphatic rings. The predicted molar refractivity (Wildman–Crippen MR) is 72.4 cm³/mol. The van der Waals surface area contributed by atoms with E-state index in [2.05, 4.69) is 21.4 Å². The highest BCUT2D eigenvalue weighted by Crippen LogP contribution is 2.36. The van der Waals surface area contributed by atoms with Gasteiger partial charge in [0.05, 0.1) is 17.7 Å². The molecule has 9 heteroatoms. The van der Waals surface area contributed by atoms with Crippen LogP contribution in [0.5, 0.6) is 0 Å². The first-order valence-electron chi connectivity index (χ1n) is 5.81. The highest BCUT2D eigenvalue weighted by atomic mass is 35.5. The summed E-state index contributed by atoms with van der Waals surface area (Å²) in [6.07, 6.45) is -2.01. The van der Waals surface area contributed by atoms with Crippen molar-refractivity contribution in [2.24, 2.45) is 0 Å². The molecule has 22 heavy (non-hydrogen) atoms. The Morgan fingerprint density at radius 1 is 1.45 bits per heavy atom. The van der Waals surface area contributed by atoms with E-state index in [1.807, 2.05) is 0 Å². The van der Waals surface area contributed by atoms with Crippen molar-refractivity contribution in [3.8, 4) is 5.82 Å². The molecule has 0 fully saturated rings. The number of carbonyl (C=O) groups is 1. The van der Waals surface area contributed by atoms with Gasteiger partial charge in [0.25, 0.3) is 0 Å². The largest absolute Gasteiger partial charge is 0.465 e. The van der Waals surface area contributed by atoms with Gasteiger partial charge in [-0.25, -0.2) is 14.5 Å². The number of carbonyl (C=O) groups excluding carboxylic acids is 1. The zero-order valence-corrected chi connectivity index (χ0v) is 11.9. The van der Waals surface area contributed by atoms with Crippen LogP contribution in [0.3, 0.4) is 0 Å². The van der Waals surface area contributed by atoms with E-state index in [4.69, 9.17) is 11.6 Å². The number of methoxy groups -OCH3 is 1. The predicted octanol–water partition coefficient (Wildman–Crippen LogP) is 3.13. The quantitative estimate of drug-likeness (QED) is 0.640. The molecule has 0 unspecified atom stereocenters. The average molecular weight is 332 g/mol. The second kappa shape index (κ2) is 5.80. The van der Waals surface area contributed by atoms with Crippen LogP contribution in [0.25, 0.3) is 11.4 Å². The maximum absolute atomic E-state index is 12.9. The van der Waals surface area contributed by atoms with Gasteiger partial charge in [-0.15, -0.1) is 0 Å². The van der Waals surface area contributed by atoms with Gasteiger partial charge in [0, 0.05) is 18.0 Å². The van der Waals surface area contributed by atoms with E-state index in [9.17, 15) is 18.0 Å². The summed E-state index contributed by atoms with van der Waals surface area (Å²) < 4.78 is 44.4. The third-order valence-electron chi connectivity index (χ3n) is 2.70. The standard InChI is InChI=1S/C13H9ClF3N3O2/c1-7(12(21)22-2)8-6-9(14)10(13(15,16)17)19-11(8)20-5-3-4-18-20/h3-6H,1H2,2H3. The van der Waals surface area contributed by atoms with Crippen molar-refractivity contribution >= 4 is 23.1 Å². The summed E-state index contributed by atoms with van der Waals surface area (Å²) in [7, 11) is 1.13. The average Bonchev–Trinajstić information content (AvgIpc) is 2.98. The Morgan fingerprint density at radius 3 is 2.64 bits per heavy atom. The lowest BCUT2D eigenvalue weighted by atomic mass is 10.1. The Kier molecular flexibility index (Phi) is 4.23. The lowest BCUT2D eigenvalue weighted by molar-refractivity contribution is -0.141. The minimum atomic E-state index is -4.75. The Balaban J connectivity index is 2.70. The first kappa shape index (κ1) is 16.0. The number of pyridine rings is 1. The van der Waals surface area contributed by atoms with Crippen molar-refractivity contribution in [2.45, 2.75) is 6.18 Å². The third kappa shape index (κ3) is 2.96. The number of hydrogen-bond donors (Lipinski definition) is 0. The van der Waals surface area contributed by atoms with Gasteiger partial charge in [-0.3, -0.25) is 0 Å². The monoisotopic (exact) mass is 331 g/mol. The zero-order chi connectivity index (χ0) is 16.5. The van der Waals surface area contributed by atoms with Gasteiger partial charge in [0.2, 0.25) is 0 Å². The molecular weight excluding hydrogens is 323 g/mol. The lowest BCUT2D eigenvalue weighted by Gasteiger charge is -2.14. The molecule has 0 spiro atoms. The molecule has 2 heterocycles. The van der Waals surface area contributed by atoms with Crippen molar-refractivity contribution < 1.29 is 22.7 Å². The lowest BCUT2D eigenvalue weighted by Crippen LogP contribution is -2.15. The molecule has 2 aromatic heterocycles. The Bertz CT molecular complexity index is 727. The summed E-state index contributed by atoms with van der Waals surface area (Å²) in [5, 5.41) is 3.17. The first-order valence-corrected chi connectivity index (χ1v) is 6.19. The SMILES string of the molecule is C=C(C(=O)OC)c1cc(Cl)c(C(F)(F)F)nc1-n1cccn1. The van der Waals surface area contributed by atoms with E-state index in [1.54, 1.807) is 0 Å². The number of ether oxygens (including phenoxy) is 1. The molecule has 2 aromatic rings. The van der Waals surface area contributed by atoms with Crippen LogP contribution in [0.2, 0.25) is 5.02 Å². The topological polar surface area (TPSA) is 57.0 Å². The first-order chi connectivity index (χ1) is 10.3. The number of esters is 1. The normalized spacial score (nSPS) is 11.3. The minimum absolute atomic E-state index is 0.00597. The summed E-state index contributed by atoms with van der Waals surface area (Å²) in [5.41, 5.74) is -1.47. The molecule has 0 radical (unpaired) electrons. The fraction of sp³-hybridized carbons (Fsp3) is 0.154. The zero-order valence-electron chi connectivity index (χ0n) is 11.2. The molecule has 0 saturated carbocycles. The minimum Gasteiger partial charge on any atom is -0.465 e. The van der Waals surface area contributed by atoms with E-state index in [1.165, 1.54) is 18.5 Å². The molecule has 116 valence electrons.